The fourth-order valence-electron chi connectivity index (χ4n) is 6.77. The lowest BCUT2D eigenvalue weighted by atomic mass is 9.49. The third-order valence-electron chi connectivity index (χ3n) is 7.73. The van der Waals surface area contributed by atoms with E-state index in [2.05, 4.69) is 5.32 Å². The van der Waals surface area contributed by atoms with Crippen molar-refractivity contribution in [2.24, 2.45) is 23.2 Å². The van der Waals surface area contributed by atoms with Gasteiger partial charge in [0, 0.05) is 11.6 Å². The predicted molar refractivity (Wildman–Crippen MR) is 117 cm³/mol. The van der Waals surface area contributed by atoms with E-state index < -0.39 is 0 Å². The van der Waals surface area contributed by atoms with Gasteiger partial charge < -0.3 is 14.8 Å². The van der Waals surface area contributed by atoms with Crippen LogP contribution in [0.5, 0.6) is 11.5 Å². The van der Waals surface area contributed by atoms with Crippen LogP contribution in [0.2, 0.25) is 0 Å². The van der Waals surface area contributed by atoms with Crippen molar-refractivity contribution in [1.82, 2.24) is 0 Å². The number of carbonyl (C=O) groups excluding carboxylic acids is 2. The van der Waals surface area contributed by atoms with Crippen LogP contribution in [-0.4, -0.2) is 24.9 Å². The zero-order valence-electron chi connectivity index (χ0n) is 17.6. The summed E-state index contributed by atoms with van der Waals surface area (Å²) in [6.45, 7) is 0.909. The number of hydrogen-bond acceptors (Lipinski definition) is 4. The molecule has 4 fully saturated rings. The van der Waals surface area contributed by atoms with E-state index >= 15 is 0 Å². The molecule has 31 heavy (non-hydrogen) atoms. The summed E-state index contributed by atoms with van der Waals surface area (Å²) in [4.78, 5) is 27.0. The monoisotopic (exact) mass is 417 g/mol. The van der Waals surface area contributed by atoms with Gasteiger partial charge in [0.05, 0.1) is 16.7 Å². The molecule has 0 atom stereocenters. The number of hydrogen-bond donors (Lipinski definition) is 1. The van der Waals surface area contributed by atoms with Gasteiger partial charge in [-0.1, -0.05) is 30.3 Å². The highest BCUT2D eigenvalue weighted by molar-refractivity contribution is 6.14. The number of rotatable bonds is 4. The van der Waals surface area contributed by atoms with Crippen LogP contribution >= 0.6 is 0 Å². The first-order valence-corrected chi connectivity index (χ1v) is 11.4. The van der Waals surface area contributed by atoms with Crippen molar-refractivity contribution in [1.29, 1.82) is 0 Å². The van der Waals surface area contributed by atoms with Crippen molar-refractivity contribution >= 4 is 17.4 Å². The van der Waals surface area contributed by atoms with Crippen molar-refractivity contribution in [3.05, 3.63) is 53.6 Å². The average molecular weight is 418 g/mol. The zero-order valence-corrected chi connectivity index (χ0v) is 17.6. The first-order chi connectivity index (χ1) is 15.1. The molecule has 0 unspecified atom stereocenters. The van der Waals surface area contributed by atoms with Gasteiger partial charge in [0.2, 0.25) is 5.91 Å². The molecule has 0 spiro atoms. The van der Waals surface area contributed by atoms with E-state index in [4.69, 9.17) is 9.47 Å². The Morgan fingerprint density at radius 2 is 1.42 bits per heavy atom. The van der Waals surface area contributed by atoms with E-state index in [-0.39, 0.29) is 17.1 Å². The minimum atomic E-state index is -0.283. The Hall–Kier alpha value is -2.82. The SMILES string of the molecule is O=C(c1ccccc1)c1cc2c(cc1NC(=O)C13CC4CC(CC(C4)C1)C3)OCCO2. The Bertz CT molecular complexity index is 1010. The number of anilines is 1. The third kappa shape index (κ3) is 3.22. The van der Waals surface area contributed by atoms with Gasteiger partial charge in [-0.2, -0.15) is 0 Å². The minimum absolute atomic E-state index is 0.0744. The van der Waals surface area contributed by atoms with Crippen molar-refractivity contribution in [3.8, 4) is 11.5 Å². The Balaban J connectivity index is 1.36. The van der Waals surface area contributed by atoms with E-state index in [9.17, 15) is 9.59 Å². The molecular weight excluding hydrogens is 390 g/mol. The lowest BCUT2D eigenvalue weighted by Crippen LogP contribution is -2.51. The molecule has 4 saturated carbocycles. The molecule has 160 valence electrons. The average Bonchev–Trinajstić information content (AvgIpc) is 2.78. The van der Waals surface area contributed by atoms with Gasteiger partial charge >= 0.3 is 0 Å². The predicted octanol–water partition coefficient (Wildman–Crippen LogP) is 4.84. The molecule has 5 aliphatic rings. The molecular formula is C26H27NO4. The maximum atomic E-state index is 13.7. The van der Waals surface area contributed by atoms with Gasteiger partial charge in [-0.25, -0.2) is 0 Å². The van der Waals surface area contributed by atoms with Crippen LogP contribution < -0.4 is 14.8 Å². The van der Waals surface area contributed by atoms with Gasteiger partial charge in [0.1, 0.15) is 13.2 Å². The van der Waals surface area contributed by atoms with Gasteiger partial charge in [-0.3, -0.25) is 9.59 Å². The summed E-state index contributed by atoms with van der Waals surface area (Å²) in [6.07, 6.45) is 6.81. The van der Waals surface area contributed by atoms with E-state index in [0.717, 1.165) is 19.3 Å². The second-order valence-corrected chi connectivity index (χ2v) is 9.89. The fourth-order valence-corrected chi connectivity index (χ4v) is 6.77. The van der Waals surface area contributed by atoms with E-state index in [0.29, 0.717) is 59.3 Å². The first-order valence-electron chi connectivity index (χ1n) is 11.4. The molecule has 1 N–H and O–H groups in total. The second-order valence-electron chi connectivity index (χ2n) is 9.89. The zero-order chi connectivity index (χ0) is 21.0. The summed E-state index contributed by atoms with van der Waals surface area (Å²) in [5, 5.41) is 3.17. The van der Waals surface area contributed by atoms with E-state index in [1.807, 2.05) is 18.2 Å². The number of carbonyl (C=O) groups is 2. The fraction of sp³-hybridized carbons (Fsp3) is 0.462. The number of nitrogens with one attached hydrogen (secondary N) is 1. The molecule has 5 nitrogen and oxygen atoms in total. The van der Waals surface area contributed by atoms with Crippen LogP contribution in [0.1, 0.15) is 54.4 Å². The summed E-state index contributed by atoms with van der Waals surface area (Å²) in [5.41, 5.74) is 1.28. The van der Waals surface area contributed by atoms with Crippen molar-refractivity contribution in [3.63, 3.8) is 0 Å². The maximum Gasteiger partial charge on any atom is 0.230 e. The molecule has 4 bridgehead atoms. The Kier molecular flexibility index (Phi) is 4.34. The molecule has 7 rings (SSSR count). The largest absolute Gasteiger partial charge is 0.486 e. The Labute approximate surface area is 182 Å². The lowest BCUT2D eigenvalue weighted by Gasteiger charge is -2.55. The third-order valence-corrected chi connectivity index (χ3v) is 7.73. The summed E-state index contributed by atoms with van der Waals surface area (Å²) in [5.74, 6) is 3.13. The molecule has 5 heteroatoms. The molecule has 1 aliphatic heterocycles. The van der Waals surface area contributed by atoms with Crippen molar-refractivity contribution < 1.29 is 19.1 Å². The maximum absolute atomic E-state index is 13.7. The number of ether oxygens (including phenoxy) is 2. The highest BCUT2D eigenvalue weighted by Gasteiger charge is 2.54. The van der Waals surface area contributed by atoms with Crippen LogP contribution in [0.15, 0.2) is 42.5 Å². The molecule has 4 aliphatic carbocycles. The summed E-state index contributed by atoms with van der Waals surface area (Å²) in [7, 11) is 0. The second kappa shape index (κ2) is 7.11. The topological polar surface area (TPSA) is 64.6 Å². The number of benzene rings is 2. The molecule has 0 radical (unpaired) electrons. The quantitative estimate of drug-likeness (QED) is 0.723. The number of fused-ring (bicyclic) bond motifs is 1. The van der Waals surface area contributed by atoms with Crippen LogP contribution in [0.25, 0.3) is 0 Å². The van der Waals surface area contributed by atoms with Crippen molar-refractivity contribution in [2.45, 2.75) is 38.5 Å². The van der Waals surface area contributed by atoms with Crippen molar-refractivity contribution in [2.75, 3.05) is 18.5 Å². The Morgan fingerprint density at radius 1 is 0.839 bits per heavy atom. The van der Waals surface area contributed by atoms with Gasteiger partial charge in [-0.05, 0) is 62.3 Å². The summed E-state index contributed by atoms with van der Waals surface area (Å²) in [6, 6.07) is 12.7. The Morgan fingerprint density at radius 3 is 2.03 bits per heavy atom. The number of ketones is 1. The molecule has 0 aromatic heterocycles. The highest BCUT2D eigenvalue weighted by atomic mass is 16.6. The molecule has 1 heterocycles. The van der Waals surface area contributed by atoms with Crippen LogP contribution in [-0.2, 0) is 4.79 Å². The normalized spacial score (nSPS) is 30.1. The lowest BCUT2D eigenvalue weighted by molar-refractivity contribution is -0.140. The molecule has 2 aromatic rings. The van der Waals surface area contributed by atoms with Gasteiger partial charge in [-0.15, -0.1) is 0 Å². The highest BCUT2D eigenvalue weighted by Crippen LogP contribution is 2.60. The molecule has 0 saturated heterocycles. The summed E-state index contributed by atoms with van der Waals surface area (Å²) >= 11 is 0. The smallest absolute Gasteiger partial charge is 0.230 e. The van der Waals surface area contributed by atoms with Crippen LogP contribution in [0, 0.1) is 23.2 Å². The summed E-state index contributed by atoms with van der Waals surface area (Å²) < 4.78 is 11.5. The van der Waals surface area contributed by atoms with E-state index in [1.54, 1.807) is 24.3 Å². The van der Waals surface area contributed by atoms with Gasteiger partial charge in [0.15, 0.2) is 17.3 Å². The van der Waals surface area contributed by atoms with Crippen LogP contribution in [0.4, 0.5) is 5.69 Å². The molecule has 1 amide bonds. The van der Waals surface area contributed by atoms with Gasteiger partial charge in [0.25, 0.3) is 0 Å². The first kappa shape index (κ1) is 18.9. The number of amides is 1. The standard InChI is InChI=1S/C26H27NO4/c28-24(19-4-2-1-3-5-19)20-11-22-23(31-7-6-30-22)12-21(20)27-25(29)26-13-16-8-17(14-26)10-18(9-16)15-26/h1-5,11-12,16-18H,6-10,13-15H2,(H,27,29). The van der Waals surface area contributed by atoms with Crippen LogP contribution in [0.3, 0.4) is 0 Å². The van der Waals surface area contributed by atoms with E-state index in [1.165, 1.54) is 19.3 Å². The minimum Gasteiger partial charge on any atom is -0.486 e. The molecule has 2 aromatic carbocycles.